The highest BCUT2D eigenvalue weighted by Gasteiger charge is 2.29. The summed E-state index contributed by atoms with van der Waals surface area (Å²) in [4.78, 5) is 2.33. The summed E-state index contributed by atoms with van der Waals surface area (Å²) in [6.45, 7) is 18.2. The van der Waals surface area contributed by atoms with Crippen molar-refractivity contribution in [3.63, 3.8) is 0 Å². The third kappa shape index (κ3) is 5.21. The molecule has 0 fully saturated rings. The SMILES string of the molecule is Cc1cc(C)c(CN(Cc2c(C)cc(C)c(CC#N)c2C)C(C)(C)CO)c(C)c1CC#N. The van der Waals surface area contributed by atoms with Gasteiger partial charge in [0.05, 0.1) is 31.6 Å². The molecule has 4 heteroatoms. The van der Waals surface area contributed by atoms with Gasteiger partial charge in [-0.2, -0.15) is 10.5 Å². The third-order valence-corrected chi connectivity index (χ3v) is 7.03. The van der Waals surface area contributed by atoms with E-state index in [-0.39, 0.29) is 6.61 Å². The van der Waals surface area contributed by atoms with E-state index in [1.165, 1.54) is 33.4 Å². The summed E-state index contributed by atoms with van der Waals surface area (Å²) >= 11 is 0. The summed E-state index contributed by atoms with van der Waals surface area (Å²) in [5, 5.41) is 28.9. The minimum Gasteiger partial charge on any atom is -0.394 e. The molecule has 0 amide bonds. The van der Waals surface area contributed by atoms with Gasteiger partial charge in [0.25, 0.3) is 0 Å². The molecule has 170 valence electrons. The maximum absolute atomic E-state index is 10.2. The highest BCUT2D eigenvalue weighted by Crippen LogP contribution is 2.31. The van der Waals surface area contributed by atoms with Crippen LogP contribution in [0.5, 0.6) is 0 Å². The van der Waals surface area contributed by atoms with E-state index in [1.54, 1.807) is 0 Å². The first-order valence-corrected chi connectivity index (χ1v) is 11.2. The lowest BCUT2D eigenvalue weighted by Crippen LogP contribution is -2.46. The van der Waals surface area contributed by atoms with Gasteiger partial charge in [-0.3, -0.25) is 4.90 Å². The van der Waals surface area contributed by atoms with Crippen molar-refractivity contribution in [2.45, 2.75) is 86.9 Å². The second-order valence-electron chi connectivity index (χ2n) is 9.68. The lowest BCUT2D eigenvalue weighted by molar-refractivity contribution is 0.0434. The summed E-state index contributed by atoms with van der Waals surface area (Å²) in [5.74, 6) is 0. The van der Waals surface area contributed by atoms with Crippen molar-refractivity contribution < 1.29 is 5.11 Å². The van der Waals surface area contributed by atoms with E-state index in [0.29, 0.717) is 25.9 Å². The molecule has 0 spiro atoms. The van der Waals surface area contributed by atoms with E-state index in [1.807, 2.05) is 0 Å². The average molecular weight is 432 g/mol. The van der Waals surface area contributed by atoms with E-state index in [9.17, 15) is 15.6 Å². The van der Waals surface area contributed by atoms with Gasteiger partial charge in [-0.25, -0.2) is 0 Å². The number of hydrogen-bond donors (Lipinski definition) is 1. The molecule has 0 heterocycles. The van der Waals surface area contributed by atoms with Crippen molar-refractivity contribution in [2.75, 3.05) is 6.61 Å². The van der Waals surface area contributed by atoms with Crippen LogP contribution in [-0.4, -0.2) is 22.2 Å². The minimum absolute atomic E-state index is 0.0387. The Balaban J connectivity index is 2.59. The number of benzene rings is 2. The highest BCUT2D eigenvalue weighted by atomic mass is 16.3. The molecule has 2 aromatic rings. The van der Waals surface area contributed by atoms with Gasteiger partial charge in [0.2, 0.25) is 0 Å². The van der Waals surface area contributed by atoms with E-state index < -0.39 is 5.54 Å². The number of aliphatic hydroxyl groups is 1. The molecule has 0 aliphatic heterocycles. The Bertz CT molecular complexity index is 1000. The molecule has 0 aliphatic carbocycles. The van der Waals surface area contributed by atoms with E-state index >= 15 is 0 Å². The second-order valence-corrected chi connectivity index (χ2v) is 9.68. The van der Waals surface area contributed by atoms with Crippen LogP contribution in [0, 0.1) is 64.2 Å². The molecule has 0 saturated heterocycles. The van der Waals surface area contributed by atoms with Gasteiger partial charge < -0.3 is 5.11 Å². The number of nitriles is 2. The molecule has 1 N–H and O–H groups in total. The zero-order chi connectivity index (χ0) is 24.2. The molecule has 32 heavy (non-hydrogen) atoms. The summed E-state index contributed by atoms with van der Waals surface area (Å²) in [7, 11) is 0. The molecule has 0 radical (unpaired) electrons. The third-order valence-electron chi connectivity index (χ3n) is 7.03. The summed E-state index contributed by atoms with van der Waals surface area (Å²) in [5.41, 5.74) is 11.3. The molecular formula is C28H37N3O. The fraction of sp³-hybridized carbons (Fsp3) is 0.500. The molecule has 0 bridgehead atoms. The Morgan fingerprint density at radius 3 is 1.38 bits per heavy atom. The first-order chi connectivity index (χ1) is 15.0. The van der Waals surface area contributed by atoms with Gasteiger partial charge >= 0.3 is 0 Å². The van der Waals surface area contributed by atoms with Crippen molar-refractivity contribution in [3.8, 4) is 12.1 Å². The average Bonchev–Trinajstić information content (AvgIpc) is 2.72. The smallest absolute Gasteiger partial charge is 0.0669 e. The van der Waals surface area contributed by atoms with Gasteiger partial charge in [-0.1, -0.05) is 12.1 Å². The minimum atomic E-state index is -0.432. The van der Waals surface area contributed by atoms with Gasteiger partial charge in [0.1, 0.15) is 0 Å². The Morgan fingerprint density at radius 2 is 1.06 bits per heavy atom. The van der Waals surface area contributed by atoms with Gasteiger partial charge in [0.15, 0.2) is 0 Å². The molecule has 4 nitrogen and oxygen atoms in total. The van der Waals surface area contributed by atoms with Crippen molar-refractivity contribution in [2.24, 2.45) is 0 Å². The molecule has 0 atom stereocenters. The Labute approximate surface area is 194 Å². The quantitative estimate of drug-likeness (QED) is 0.604. The molecule has 2 aromatic carbocycles. The van der Waals surface area contributed by atoms with Gasteiger partial charge in [0, 0.05) is 18.6 Å². The van der Waals surface area contributed by atoms with Crippen LogP contribution < -0.4 is 0 Å². The number of rotatable bonds is 8. The van der Waals surface area contributed by atoms with E-state index in [2.05, 4.69) is 84.6 Å². The zero-order valence-electron chi connectivity index (χ0n) is 21.0. The molecule has 0 aliphatic rings. The predicted octanol–water partition coefficient (Wildman–Crippen LogP) is 5.44. The van der Waals surface area contributed by atoms with Crippen molar-refractivity contribution in [1.82, 2.24) is 4.90 Å². The highest BCUT2D eigenvalue weighted by molar-refractivity contribution is 5.47. The maximum Gasteiger partial charge on any atom is 0.0669 e. The predicted molar refractivity (Wildman–Crippen MR) is 130 cm³/mol. The fourth-order valence-electron chi connectivity index (χ4n) is 4.70. The molecular weight excluding hydrogens is 394 g/mol. The van der Waals surface area contributed by atoms with Crippen molar-refractivity contribution in [3.05, 3.63) is 67.8 Å². The normalized spacial score (nSPS) is 11.5. The van der Waals surface area contributed by atoms with Gasteiger partial charge in [-0.05, 0) is 111 Å². The summed E-state index contributed by atoms with van der Waals surface area (Å²) < 4.78 is 0. The Morgan fingerprint density at radius 1 is 0.719 bits per heavy atom. The van der Waals surface area contributed by atoms with Crippen molar-refractivity contribution in [1.29, 1.82) is 10.5 Å². The maximum atomic E-state index is 10.2. The lowest BCUT2D eigenvalue weighted by atomic mass is 9.89. The monoisotopic (exact) mass is 431 g/mol. The zero-order valence-corrected chi connectivity index (χ0v) is 21.0. The first kappa shape index (κ1) is 25.6. The van der Waals surface area contributed by atoms with Crippen LogP contribution in [0.3, 0.4) is 0 Å². The van der Waals surface area contributed by atoms with Crippen LogP contribution >= 0.6 is 0 Å². The molecule has 0 saturated carbocycles. The largest absolute Gasteiger partial charge is 0.394 e. The Hall–Kier alpha value is -2.66. The molecule has 0 unspecified atom stereocenters. The topological polar surface area (TPSA) is 71.1 Å². The lowest BCUT2D eigenvalue weighted by Gasteiger charge is -2.39. The first-order valence-electron chi connectivity index (χ1n) is 11.2. The summed E-state index contributed by atoms with van der Waals surface area (Å²) in [6.07, 6.45) is 0.810. The summed E-state index contributed by atoms with van der Waals surface area (Å²) in [6, 6.07) is 8.96. The number of hydrogen-bond acceptors (Lipinski definition) is 4. The second kappa shape index (κ2) is 10.3. The van der Waals surface area contributed by atoms with Crippen molar-refractivity contribution >= 4 is 0 Å². The van der Waals surface area contributed by atoms with Crippen LogP contribution in [-0.2, 0) is 25.9 Å². The van der Waals surface area contributed by atoms with Crippen LogP contribution in [0.25, 0.3) is 0 Å². The number of aryl methyl sites for hydroxylation is 4. The molecule has 0 aromatic heterocycles. The van der Waals surface area contributed by atoms with E-state index in [4.69, 9.17) is 0 Å². The standard InChI is InChI=1S/C28H37N3O/c1-18-13-20(3)26(22(5)24(18)9-11-29)15-31(28(7,8)17-32)16-27-21(4)14-19(2)25(10-12-30)23(27)6/h13-14,32H,9-10,15-17H2,1-8H3. The van der Waals surface area contributed by atoms with Crippen LogP contribution in [0.2, 0.25) is 0 Å². The number of aliphatic hydroxyl groups excluding tert-OH is 1. The van der Waals surface area contributed by atoms with Crippen LogP contribution in [0.4, 0.5) is 0 Å². The number of nitrogens with zero attached hydrogens (tertiary/aromatic N) is 3. The Kier molecular flexibility index (Phi) is 8.24. The van der Waals surface area contributed by atoms with Gasteiger partial charge in [-0.15, -0.1) is 0 Å². The van der Waals surface area contributed by atoms with E-state index in [0.717, 1.165) is 22.3 Å². The van der Waals surface area contributed by atoms with Crippen LogP contribution in [0.15, 0.2) is 12.1 Å². The fourth-order valence-corrected chi connectivity index (χ4v) is 4.70. The molecule has 2 rings (SSSR count). The van der Waals surface area contributed by atoms with Crippen LogP contribution in [0.1, 0.15) is 69.5 Å².